The number of hydrogen-bond acceptors (Lipinski definition) is 6. The molecule has 0 fully saturated rings. The summed E-state index contributed by atoms with van der Waals surface area (Å²) in [7, 11) is 4.54. The Balaban J connectivity index is 1.76. The zero-order valence-corrected chi connectivity index (χ0v) is 21.1. The molecule has 0 saturated heterocycles. The average Bonchev–Trinajstić information content (AvgIpc) is 2.86. The van der Waals surface area contributed by atoms with E-state index in [1.165, 1.54) is 25.9 Å². The van der Waals surface area contributed by atoms with Crippen LogP contribution in [-0.4, -0.2) is 37.6 Å². The Morgan fingerprint density at radius 2 is 1.61 bits per heavy atom. The summed E-state index contributed by atoms with van der Waals surface area (Å²) in [4.78, 5) is 40.2. The molecular formula is C28H30N2O6. The second-order valence-electron chi connectivity index (χ2n) is 9.56. The van der Waals surface area contributed by atoms with Gasteiger partial charge in [0.15, 0.2) is 17.3 Å². The van der Waals surface area contributed by atoms with Crippen LogP contribution in [0.15, 0.2) is 53.5 Å². The van der Waals surface area contributed by atoms with Gasteiger partial charge in [-0.1, -0.05) is 32.0 Å². The van der Waals surface area contributed by atoms with E-state index < -0.39 is 11.5 Å². The lowest BCUT2D eigenvalue weighted by Gasteiger charge is -2.31. The van der Waals surface area contributed by atoms with E-state index in [0.29, 0.717) is 52.5 Å². The van der Waals surface area contributed by atoms with Crippen LogP contribution in [0.1, 0.15) is 52.1 Å². The van der Waals surface area contributed by atoms with E-state index in [0.717, 1.165) is 0 Å². The van der Waals surface area contributed by atoms with Crippen LogP contribution in [-0.2, 0) is 13.0 Å². The van der Waals surface area contributed by atoms with E-state index in [1.807, 2.05) is 19.9 Å². The summed E-state index contributed by atoms with van der Waals surface area (Å²) in [5.74, 6) is 0.734. The number of benzene rings is 2. The van der Waals surface area contributed by atoms with Crippen molar-refractivity contribution < 1.29 is 23.8 Å². The summed E-state index contributed by atoms with van der Waals surface area (Å²) in [5, 5.41) is 2.85. The largest absolute Gasteiger partial charge is 0.493 e. The first-order valence-corrected chi connectivity index (χ1v) is 11.6. The molecule has 1 N–H and O–H groups in total. The maximum absolute atomic E-state index is 13.6. The van der Waals surface area contributed by atoms with Crippen LogP contribution in [0.3, 0.4) is 0 Å². The second kappa shape index (κ2) is 9.89. The number of carbonyl (C=O) groups excluding carboxylic acids is 2. The van der Waals surface area contributed by atoms with Crippen LogP contribution in [0, 0.1) is 5.41 Å². The molecule has 0 saturated carbocycles. The molecule has 36 heavy (non-hydrogen) atoms. The molecule has 0 aliphatic heterocycles. The maximum Gasteiger partial charge on any atom is 0.268 e. The van der Waals surface area contributed by atoms with Crippen molar-refractivity contribution in [2.45, 2.75) is 33.2 Å². The maximum atomic E-state index is 13.6. The van der Waals surface area contributed by atoms with Crippen molar-refractivity contribution in [1.29, 1.82) is 0 Å². The molecule has 8 heteroatoms. The second-order valence-corrected chi connectivity index (χ2v) is 9.56. The van der Waals surface area contributed by atoms with E-state index in [2.05, 4.69) is 5.32 Å². The number of aromatic nitrogens is 1. The molecule has 0 unspecified atom stereocenters. The highest BCUT2D eigenvalue weighted by atomic mass is 16.5. The summed E-state index contributed by atoms with van der Waals surface area (Å²) < 4.78 is 17.5. The van der Waals surface area contributed by atoms with E-state index >= 15 is 0 Å². The van der Waals surface area contributed by atoms with Gasteiger partial charge in [0, 0.05) is 30.4 Å². The van der Waals surface area contributed by atoms with Crippen LogP contribution < -0.4 is 25.1 Å². The third kappa shape index (κ3) is 4.71. The molecule has 0 bridgehead atoms. The zero-order chi connectivity index (χ0) is 26.0. The molecule has 8 nitrogen and oxygen atoms in total. The van der Waals surface area contributed by atoms with Crippen LogP contribution in [0.5, 0.6) is 17.2 Å². The molecule has 1 aromatic heterocycles. The fourth-order valence-corrected chi connectivity index (χ4v) is 4.67. The number of nitrogens with zero attached hydrogens (tertiary/aromatic N) is 1. The van der Waals surface area contributed by atoms with Crippen LogP contribution in [0.25, 0.3) is 5.69 Å². The van der Waals surface area contributed by atoms with Gasteiger partial charge < -0.3 is 19.5 Å². The van der Waals surface area contributed by atoms with Gasteiger partial charge in [-0.05, 0) is 47.2 Å². The standard InChI is InChI=1S/C28H30N2O6/c1-28(2)13-19-20(21(31)14-28)16-30(18-9-7-6-8-10-18)27(33)24(19)26(32)29-15-17-11-22(34-3)25(36-5)23(12-17)35-4/h6-12,16H,13-15H2,1-5H3,(H,29,32). The van der Waals surface area contributed by atoms with Gasteiger partial charge >= 0.3 is 0 Å². The number of fused-ring (bicyclic) bond motifs is 1. The Kier molecular flexibility index (Phi) is 6.88. The number of methoxy groups -OCH3 is 3. The molecule has 1 aliphatic rings. The first kappa shape index (κ1) is 25.0. The van der Waals surface area contributed by atoms with E-state index in [4.69, 9.17) is 14.2 Å². The molecule has 0 radical (unpaired) electrons. The van der Waals surface area contributed by atoms with E-state index in [-0.39, 0.29) is 23.3 Å². The van der Waals surface area contributed by atoms with Crippen LogP contribution in [0.2, 0.25) is 0 Å². The Bertz CT molecular complexity index is 1350. The molecule has 4 rings (SSSR count). The number of Topliss-reactive ketones (excluding diaryl/α,β-unsaturated/α-hetero) is 1. The molecule has 0 spiro atoms. The van der Waals surface area contributed by atoms with Crippen LogP contribution >= 0.6 is 0 Å². The number of carbonyl (C=O) groups is 2. The normalized spacial score (nSPS) is 14.1. The molecule has 1 amide bonds. The SMILES string of the molecule is COc1cc(CNC(=O)c2c3c(cn(-c4ccccc4)c2=O)C(=O)CC(C)(C)C3)cc(OC)c1OC. The predicted molar refractivity (Wildman–Crippen MR) is 136 cm³/mol. The Labute approximate surface area is 209 Å². The number of nitrogens with one attached hydrogen (secondary N) is 1. The topological polar surface area (TPSA) is 95.9 Å². The van der Waals surface area contributed by atoms with E-state index in [9.17, 15) is 14.4 Å². The van der Waals surface area contributed by atoms with Crippen molar-refractivity contribution >= 4 is 11.7 Å². The molecule has 2 aromatic carbocycles. The number of amides is 1. The minimum atomic E-state index is -0.541. The Morgan fingerprint density at radius 3 is 2.19 bits per heavy atom. The van der Waals surface area contributed by atoms with Crippen molar-refractivity contribution in [2.24, 2.45) is 5.41 Å². The number of hydrogen-bond donors (Lipinski definition) is 1. The number of pyridine rings is 1. The summed E-state index contributed by atoms with van der Waals surface area (Å²) in [6.07, 6.45) is 2.37. The first-order valence-electron chi connectivity index (χ1n) is 11.6. The third-order valence-corrected chi connectivity index (χ3v) is 6.35. The molecule has 188 valence electrons. The third-order valence-electron chi connectivity index (χ3n) is 6.35. The fraction of sp³-hybridized carbons (Fsp3) is 0.321. The lowest BCUT2D eigenvalue weighted by Crippen LogP contribution is -2.38. The lowest BCUT2D eigenvalue weighted by atomic mass is 9.73. The van der Waals surface area contributed by atoms with E-state index in [1.54, 1.807) is 42.6 Å². The summed E-state index contributed by atoms with van der Waals surface area (Å²) in [5.41, 5.74) is 1.36. The molecule has 3 aromatic rings. The molecular weight excluding hydrogens is 460 g/mol. The van der Waals surface area contributed by atoms with Gasteiger partial charge in [-0.2, -0.15) is 0 Å². The highest BCUT2D eigenvalue weighted by Crippen LogP contribution is 2.38. The quantitative estimate of drug-likeness (QED) is 0.539. The zero-order valence-electron chi connectivity index (χ0n) is 21.1. The average molecular weight is 491 g/mol. The number of rotatable bonds is 7. The van der Waals surface area contributed by atoms with Gasteiger partial charge in [0.1, 0.15) is 5.56 Å². The van der Waals surface area contributed by atoms with Crippen molar-refractivity contribution in [3.05, 3.63) is 81.3 Å². The highest BCUT2D eigenvalue weighted by molar-refractivity contribution is 6.04. The molecule has 0 atom stereocenters. The summed E-state index contributed by atoms with van der Waals surface area (Å²) >= 11 is 0. The van der Waals surface area contributed by atoms with Gasteiger partial charge in [0.25, 0.3) is 11.5 Å². The monoisotopic (exact) mass is 490 g/mol. The van der Waals surface area contributed by atoms with Crippen molar-refractivity contribution in [1.82, 2.24) is 9.88 Å². The smallest absolute Gasteiger partial charge is 0.268 e. The summed E-state index contributed by atoms with van der Waals surface area (Å²) in [6.45, 7) is 4.05. The first-order chi connectivity index (χ1) is 17.2. The van der Waals surface area contributed by atoms with Crippen LogP contribution in [0.4, 0.5) is 0 Å². The number of ketones is 1. The predicted octanol–water partition coefficient (Wildman–Crippen LogP) is 3.95. The van der Waals surface area contributed by atoms with Crippen molar-refractivity contribution in [2.75, 3.05) is 21.3 Å². The van der Waals surface area contributed by atoms with Gasteiger partial charge in [0.2, 0.25) is 5.75 Å². The van der Waals surface area contributed by atoms with Gasteiger partial charge in [-0.25, -0.2) is 0 Å². The number of para-hydroxylation sites is 1. The van der Waals surface area contributed by atoms with Crippen molar-refractivity contribution in [3.8, 4) is 22.9 Å². The Morgan fingerprint density at radius 1 is 0.972 bits per heavy atom. The van der Waals surface area contributed by atoms with Gasteiger partial charge in [-0.3, -0.25) is 19.0 Å². The molecule has 1 aliphatic carbocycles. The molecule has 1 heterocycles. The highest BCUT2D eigenvalue weighted by Gasteiger charge is 2.36. The Hall–Kier alpha value is -4.07. The summed E-state index contributed by atoms with van der Waals surface area (Å²) in [6, 6.07) is 12.4. The minimum Gasteiger partial charge on any atom is -0.493 e. The fourth-order valence-electron chi connectivity index (χ4n) is 4.67. The van der Waals surface area contributed by atoms with Gasteiger partial charge in [0.05, 0.1) is 21.3 Å². The number of ether oxygens (including phenoxy) is 3. The minimum absolute atomic E-state index is 0.00933. The van der Waals surface area contributed by atoms with Crippen molar-refractivity contribution in [3.63, 3.8) is 0 Å². The lowest BCUT2D eigenvalue weighted by molar-refractivity contribution is 0.0908. The van der Waals surface area contributed by atoms with Gasteiger partial charge in [-0.15, -0.1) is 0 Å².